The minimum atomic E-state index is -0.240. The van der Waals surface area contributed by atoms with Gasteiger partial charge in [-0.05, 0) is 42.0 Å². The molecule has 0 fully saturated rings. The van der Waals surface area contributed by atoms with Crippen LogP contribution in [0.3, 0.4) is 0 Å². The summed E-state index contributed by atoms with van der Waals surface area (Å²) in [4.78, 5) is 11.7. The monoisotopic (exact) mass is 277 g/mol. The number of carbonyl (C=O) groups is 1. The number of alkyl halides is 1. The molecule has 0 aliphatic carbocycles. The maximum atomic E-state index is 11.7. The van der Waals surface area contributed by atoms with Crippen LogP contribution in [0.4, 0.5) is 0 Å². The Balaban J connectivity index is 2.42. The van der Waals surface area contributed by atoms with Crippen molar-refractivity contribution in [3.8, 4) is 0 Å². The van der Waals surface area contributed by atoms with Gasteiger partial charge in [-0.15, -0.1) is 11.6 Å². The van der Waals surface area contributed by atoms with Crippen LogP contribution >= 0.6 is 23.2 Å². The largest absolute Gasteiger partial charge is 0.440 e. The zero-order valence-electron chi connectivity index (χ0n) is 10.1. The first-order valence-corrected chi connectivity index (χ1v) is 6.45. The number of nitrogens with one attached hydrogen (secondary N) is 1. The summed E-state index contributed by atoms with van der Waals surface area (Å²) in [6.07, 6.45) is 1.91. The van der Waals surface area contributed by atoms with Crippen LogP contribution in [-0.4, -0.2) is 18.3 Å². The second kappa shape index (κ2) is 6.31. The molecule has 1 heterocycles. The number of rotatable bonds is 6. The van der Waals surface area contributed by atoms with E-state index in [1.165, 1.54) is 0 Å². The van der Waals surface area contributed by atoms with E-state index in [9.17, 15) is 4.79 Å². The lowest BCUT2D eigenvalue weighted by Crippen LogP contribution is -2.33. The van der Waals surface area contributed by atoms with E-state index in [2.05, 4.69) is 19.2 Å². The topological polar surface area (TPSA) is 42.2 Å². The van der Waals surface area contributed by atoms with Gasteiger partial charge < -0.3 is 9.73 Å². The van der Waals surface area contributed by atoms with Gasteiger partial charge in [-0.3, -0.25) is 4.79 Å². The molecule has 0 aliphatic rings. The number of halogens is 2. The molecule has 1 aromatic heterocycles. The lowest BCUT2D eigenvalue weighted by molar-refractivity contribution is 0.0907. The Bertz CT molecular complexity index is 374. The van der Waals surface area contributed by atoms with Crippen LogP contribution in [0.5, 0.6) is 0 Å². The van der Waals surface area contributed by atoms with Crippen molar-refractivity contribution in [3.05, 3.63) is 23.1 Å². The van der Waals surface area contributed by atoms with Crippen molar-refractivity contribution in [3.63, 3.8) is 0 Å². The molecule has 3 nitrogen and oxygen atoms in total. The molecule has 0 unspecified atom stereocenters. The molecule has 0 saturated carbocycles. The van der Waals surface area contributed by atoms with E-state index in [0.29, 0.717) is 12.4 Å². The summed E-state index contributed by atoms with van der Waals surface area (Å²) >= 11 is 11.3. The molecule has 1 rings (SSSR count). The van der Waals surface area contributed by atoms with Gasteiger partial charge in [0.2, 0.25) is 0 Å². The van der Waals surface area contributed by atoms with E-state index in [1.54, 1.807) is 12.1 Å². The Kier molecular flexibility index (Phi) is 5.34. The molecule has 0 aliphatic heterocycles. The lowest BCUT2D eigenvalue weighted by Gasteiger charge is -2.24. The summed E-state index contributed by atoms with van der Waals surface area (Å²) in [5.74, 6) is 0.643. The molecular formula is C12H17Cl2NO2. The minimum Gasteiger partial charge on any atom is -0.440 e. The molecule has 1 N–H and O–H groups in total. The highest BCUT2D eigenvalue weighted by atomic mass is 35.5. The van der Waals surface area contributed by atoms with E-state index >= 15 is 0 Å². The van der Waals surface area contributed by atoms with Gasteiger partial charge in [0, 0.05) is 12.4 Å². The minimum absolute atomic E-state index is 0.0287. The zero-order valence-corrected chi connectivity index (χ0v) is 11.6. The average molecular weight is 278 g/mol. The molecule has 0 aromatic carbocycles. The second-order valence-corrected chi connectivity index (χ2v) is 5.49. The Morgan fingerprint density at radius 1 is 1.47 bits per heavy atom. The zero-order chi connectivity index (χ0) is 12.9. The molecule has 1 aromatic rings. The lowest BCUT2D eigenvalue weighted by atomic mass is 9.88. The molecule has 17 heavy (non-hydrogen) atoms. The van der Waals surface area contributed by atoms with Gasteiger partial charge >= 0.3 is 0 Å². The smallest absolute Gasteiger partial charge is 0.287 e. The Labute approximate surface area is 111 Å². The predicted octanol–water partition coefficient (Wildman–Crippen LogP) is 3.71. The molecular weight excluding hydrogens is 261 g/mol. The number of hydrogen-bond donors (Lipinski definition) is 1. The molecule has 0 atom stereocenters. The van der Waals surface area contributed by atoms with Crippen LogP contribution in [0.2, 0.25) is 5.22 Å². The fraction of sp³-hybridized carbons (Fsp3) is 0.583. The number of amides is 1. The van der Waals surface area contributed by atoms with Gasteiger partial charge in [-0.2, -0.15) is 0 Å². The molecule has 5 heteroatoms. The van der Waals surface area contributed by atoms with Gasteiger partial charge in [0.15, 0.2) is 11.0 Å². The fourth-order valence-corrected chi connectivity index (χ4v) is 1.76. The Morgan fingerprint density at radius 2 is 2.18 bits per heavy atom. The molecule has 0 saturated heterocycles. The number of carbonyl (C=O) groups excluding carboxylic acids is 1. The summed E-state index contributed by atoms with van der Waals surface area (Å²) in [6.45, 7) is 4.77. The van der Waals surface area contributed by atoms with E-state index in [-0.39, 0.29) is 22.3 Å². The summed E-state index contributed by atoms with van der Waals surface area (Å²) in [7, 11) is 0. The Morgan fingerprint density at radius 3 is 2.71 bits per heavy atom. The van der Waals surface area contributed by atoms with E-state index in [0.717, 1.165) is 12.8 Å². The first-order valence-electron chi connectivity index (χ1n) is 5.54. The highest BCUT2D eigenvalue weighted by Gasteiger charge is 2.19. The summed E-state index contributed by atoms with van der Waals surface area (Å²) < 4.78 is 5.02. The van der Waals surface area contributed by atoms with Crippen LogP contribution < -0.4 is 5.32 Å². The van der Waals surface area contributed by atoms with Crippen LogP contribution in [-0.2, 0) is 0 Å². The van der Waals surface area contributed by atoms with Crippen molar-refractivity contribution in [1.82, 2.24) is 5.32 Å². The van der Waals surface area contributed by atoms with Crippen molar-refractivity contribution in [2.45, 2.75) is 26.7 Å². The predicted molar refractivity (Wildman–Crippen MR) is 69.8 cm³/mol. The summed E-state index contributed by atoms with van der Waals surface area (Å²) in [6, 6.07) is 3.11. The fourth-order valence-electron chi connectivity index (χ4n) is 1.48. The molecule has 0 bridgehead atoms. The third-order valence-electron chi connectivity index (χ3n) is 2.51. The van der Waals surface area contributed by atoms with Crippen LogP contribution in [0.1, 0.15) is 37.2 Å². The SMILES string of the molecule is CC(C)(CCCCl)CNC(=O)c1ccc(Cl)o1. The maximum Gasteiger partial charge on any atom is 0.287 e. The van der Waals surface area contributed by atoms with Gasteiger partial charge in [-0.1, -0.05) is 13.8 Å². The normalized spacial score (nSPS) is 11.5. The summed E-state index contributed by atoms with van der Waals surface area (Å²) in [5.41, 5.74) is 0.0287. The third kappa shape index (κ3) is 5.00. The van der Waals surface area contributed by atoms with Crippen molar-refractivity contribution in [2.75, 3.05) is 12.4 Å². The van der Waals surface area contributed by atoms with Gasteiger partial charge in [0.1, 0.15) is 0 Å². The standard InChI is InChI=1S/C12H17Cl2NO2/c1-12(2,6-3-7-13)8-15-11(16)9-4-5-10(14)17-9/h4-5H,3,6-8H2,1-2H3,(H,15,16). The van der Waals surface area contributed by atoms with E-state index < -0.39 is 0 Å². The van der Waals surface area contributed by atoms with E-state index in [1.807, 2.05) is 0 Å². The second-order valence-electron chi connectivity index (χ2n) is 4.74. The highest BCUT2D eigenvalue weighted by Crippen LogP contribution is 2.21. The van der Waals surface area contributed by atoms with Gasteiger partial charge in [0.25, 0.3) is 5.91 Å². The average Bonchev–Trinajstić information content (AvgIpc) is 2.70. The highest BCUT2D eigenvalue weighted by molar-refractivity contribution is 6.29. The van der Waals surface area contributed by atoms with E-state index in [4.69, 9.17) is 27.6 Å². The van der Waals surface area contributed by atoms with Crippen LogP contribution in [0.25, 0.3) is 0 Å². The maximum absolute atomic E-state index is 11.7. The van der Waals surface area contributed by atoms with Crippen molar-refractivity contribution < 1.29 is 9.21 Å². The molecule has 1 amide bonds. The third-order valence-corrected chi connectivity index (χ3v) is 2.98. The quantitative estimate of drug-likeness (QED) is 0.806. The Hall–Kier alpha value is -0.670. The first kappa shape index (κ1) is 14.4. The number of hydrogen-bond acceptors (Lipinski definition) is 2. The van der Waals surface area contributed by atoms with Gasteiger partial charge in [0.05, 0.1) is 0 Å². The van der Waals surface area contributed by atoms with Crippen molar-refractivity contribution in [2.24, 2.45) is 5.41 Å². The van der Waals surface area contributed by atoms with Crippen molar-refractivity contribution >= 4 is 29.1 Å². The van der Waals surface area contributed by atoms with Crippen LogP contribution in [0.15, 0.2) is 16.5 Å². The van der Waals surface area contributed by atoms with Gasteiger partial charge in [-0.25, -0.2) is 0 Å². The molecule has 0 spiro atoms. The first-order chi connectivity index (χ1) is 7.94. The summed E-state index contributed by atoms with van der Waals surface area (Å²) in [5, 5.41) is 3.05. The molecule has 0 radical (unpaired) electrons. The van der Waals surface area contributed by atoms with Crippen molar-refractivity contribution in [1.29, 1.82) is 0 Å². The van der Waals surface area contributed by atoms with Crippen LogP contribution in [0, 0.1) is 5.41 Å². The number of furan rings is 1. The molecule has 96 valence electrons.